The van der Waals surface area contributed by atoms with E-state index in [2.05, 4.69) is 20.6 Å². The summed E-state index contributed by atoms with van der Waals surface area (Å²) < 4.78 is 29.1. The molecule has 0 fully saturated rings. The fourth-order valence-corrected chi connectivity index (χ4v) is 2.75. The molecule has 0 radical (unpaired) electrons. The van der Waals surface area contributed by atoms with Gasteiger partial charge in [0.15, 0.2) is 0 Å². The lowest BCUT2D eigenvalue weighted by Crippen LogP contribution is -2.00. The molecule has 28 heavy (non-hydrogen) atoms. The molecule has 0 saturated carbocycles. The first-order valence-electron chi connectivity index (χ1n) is 8.64. The summed E-state index contributed by atoms with van der Waals surface area (Å²) in [6.45, 7) is 1.85. The minimum atomic E-state index is -0.372. The maximum atomic E-state index is 14.5. The fourth-order valence-electron chi connectivity index (χ4n) is 2.75. The summed E-state index contributed by atoms with van der Waals surface area (Å²) in [5.74, 6) is 0.466. The molecule has 0 aliphatic carbocycles. The summed E-state index contributed by atoms with van der Waals surface area (Å²) in [7, 11) is 0. The molecule has 0 spiro atoms. The number of anilines is 4. The van der Waals surface area contributed by atoms with Crippen LogP contribution in [-0.2, 0) is 0 Å². The van der Waals surface area contributed by atoms with Crippen molar-refractivity contribution in [3.63, 3.8) is 0 Å². The van der Waals surface area contributed by atoms with Gasteiger partial charge in [0.05, 0.1) is 17.7 Å². The van der Waals surface area contributed by atoms with Crippen LogP contribution < -0.4 is 10.6 Å². The third-order valence-electron chi connectivity index (χ3n) is 4.08. The molecule has 0 bridgehead atoms. The van der Waals surface area contributed by atoms with Crippen molar-refractivity contribution >= 4 is 23.0 Å². The molecule has 0 saturated heterocycles. The normalized spacial score (nSPS) is 10.7. The Morgan fingerprint density at radius 2 is 1.54 bits per heavy atom. The van der Waals surface area contributed by atoms with E-state index in [1.165, 1.54) is 18.2 Å². The van der Waals surface area contributed by atoms with Gasteiger partial charge in [-0.1, -0.05) is 6.07 Å². The third kappa shape index (κ3) is 3.98. The van der Waals surface area contributed by atoms with E-state index < -0.39 is 0 Å². The predicted molar refractivity (Wildman–Crippen MR) is 105 cm³/mol. The van der Waals surface area contributed by atoms with Crippen molar-refractivity contribution in [2.24, 2.45) is 0 Å². The van der Waals surface area contributed by atoms with Gasteiger partial charge in [-0.25, -0.2) is 18.7 Å². The molecule has 4 aromatic rings. The molecule has 2 aromatic carbocycles. The van der Waals surface area contributed by atoms with Crippen LogP contribution in [0.2, 0.25) is 0 Å². The number of aromatic nitrogens is 3. The zero-order valence-electron chi connectivity index (χ0n) is 15.0. The predicted octanol–water partition coefficient (Wildman–Crippen LogP) is 5.34. The van der Waals surface area contributed by atoms with Gasteiger partial charge in [0.1, 0.15) is 23.3 Å². The van der Waals surface area contributed by atoms with Crippen LogP contribution in [0.5, 0.6) is 0 Å². The van der Waals surface area contributed by atoms with Crippen LogP contribution >= 0.6 is 0 Å². The van der Waals surface area contributed by atoms with Gasteiger partial charge >= 0.3 is 0 Å². The summed E-state index contributed by atoms with van der Waals surface area (Å²) in [6, 6.07) is 16.3. The maximum Gasteiger partial charge on any atom is 0.149 e. The number of rotatable bonds is 5. The smallest absolute Gasteiger partial charge is 0.149 e. The number of halogens is 2. The third-order valence-corrected chi connectivity index (χ3v) is 4.08. The zero-order valence-corrected chi connectivity index (χ0v) is 15.0. The Bertz CT molecular complexity index is 1110. The van der Waals surface area contributed by atoms with Gasteiger partial charge in [-0.2, -0.15) is 0 Å². The molecule has 0 unspecified atom stereocenters. The number of hydrogen-bond acceptors (Lipinski definition) is 4. The average molecular weight is 377 g/mol. The highest BCUT2D eigenvalue weighted by Gasteiger charge is 2.07. The van der Waals surface area contributed by atoms with Crippen LogP contribution in [-0.4, -0.2) is 14.5 Å². The molecular weight excluding hydrogens is 360 g/mol. The van der Waals surface area contributed by atoms with Gasteiger partial charge in [-0.15, -0.1) is 0 Å². The highest BCUT2D eigenvalue weighted by atomic mass is 19.1. The molecule has 2 heterocycles. The summed E-state index contributed by atoms with van der Waals surface area (Å²) in [6.07, 6.45) is 3.34. The first-order chi connectivity index (χ1) is 13.6. The second-order valence-corrected chi connectivity index (χ2v) is 6.25. The van der Waals surface area contributed by atoms with E-state index in [-0.39, 0.29) is 11.6 Å². The van der Waals surface area contributed by atoms with E-state index in [9.17, 15) is 8.78 Å². The van der Waals surface area contributed by atoms with E-state index in [1.807, 2.05) is 13.0 Å². The lowest BCUT2D eigenvalue weighted by atomic mass is 10.2. The van der Waals surface area contributed by atoms with E-state index in [4.69, 9.17) is 0 Å². The van der Waals surface area contributed by atoms with Crippen molar-refractivity contribution in [1.82, 2.24) is 14.5 Å². The average Bonchev–Trinajstić information content (AvgIpc) is 3.10. The summed E-state index contributed by atoms with van der Waals surface area (Å²) in [4.78, 5) is 8.56. The van der Waals surface area contributed by atoms with Crippen molar-refractivity contribution < 1.29 is 8.78 Å². The second-order valence-electron chi connectivity index (χ2n) is 6.25. The quantitative estimate of drug-likeness (QED) is 0.493. The summed E-state index contributed by atoms with van der Waals surface area (Å²) in [5, 5.41) is 6.19. The molecule has 5 nitrogen and oxygen atoms in total. The van der Waals surface area contributed by atoms with Crippen LogP contribution in [0.3, 0.4) is 0 Å². The topological polar surface area (TPSA) is 54.8 Å². The number of imidazole rings is 1. The Morgan fingerprint density at radius 1 is 0.857 bits per heavy atom. The van der Waals surface area contributed by atoms with Crippen molar-refractivity contribution in [2.75, 3.05) is 10.6 Å². The largest absolute Gasteiger partial charge is 0.340 e. The molecule has 140 valence electrons. The molecule has 0 aliphatic heterocycles. The molecular formula is C21H17F2N5. The first-order valence-corrected chi connectivity index (χ1v) is 8.64. The van der Waals surface area contributed by atoms with E-state index in [1.54, 1.807) is 53.5 Å². The second kappa shape index (κ2) is 7.48. The highest BCUT2D eigenvalue weighted by Crippen LogP contribution is 2.23. The molecule has 4 rings (SSSR count). The minimum absolute atomic E-state index is 0.301. The van der Waals surface area contributed by atoms with Crippen molar-refractivity contribution in [2.45, 2.75) is 6.92 Å². The summed E-state index contributed by atoms with van der Waals surface area (Å²) in [5.41, 5.74) is 2.53. The molecule has 0 atom stereocenters. The standard InChI is InChI=1S/C21H17F2N5/c1-14-12-28(13-24-14)19-10-9-17(11-18(19)23)26-21-4-2-3-20(27-21)25-16-7-5-15(22)6-8-16/h2-13H,1H3,(H2,25,26,27). The minimum Gasteiger partial charge on any atom is -0.340 e. The number of benzene rings is 2. The van der Waals surface area contributed by atoms with E-state index in [0.717, 1.165) is 11.4 Å². The van der Waals surface area contributed by atoms with Crippen molar-refractivity contribution in [1.29, 1.82) is 0 Å². The Kier molecular flexibility index (Phi) is 4.72. The molecule has 2 aromatic heterocycles. The van der Waals surface area contributed by atoms with E-state index in [0.29, 0.717) is 23.0 Å². The first kappa shape index (κ1) is 17.7. The number of nitrogens with one attached hydrogen (secondary N) is 2. The number of hydrogen-bond donors (Lipinski definition) is 2. The van der Waals surface area contributed by atoms with Crippen LogP contribution in [0, 0.1) is 18.6 Å². The van der Waals surface area contributed by atoms with Crippen LogP contribution in [0.1, 0.15) is 5.69 Å². The van der Waals surface area contributed by atoms with Crippen LogP contribution in [0.4, 0.5) is 31.8 Å². The van der Waals surface area contributed by atoms with E-state index >= 15 is 0 Å². The van der Waals surface area contributed by atoms with Crippen molar-refractivity contribution in [3.8, 4) is 5.69 Å². The SMILES string of the molecule is Cc1cn(-c2ccc(Nc3cccc(Nc4ccc(F)cc4)n3)cc2F)cn1. The van der Waals surface area contributed by atoms with Crippen LogP contribution in [0.25, 0.3) is 5.69 Å². The van der Waals surface area contributed by atoms with Gasteiger partial charge < -0.3 is 15.2 Å². The van der Waals surface area contributed by atoms with Gasteiger partial charge in [-0.3, -0.25) is 0 Å². The van der Waals surface area contributed by atoms with Gasteiger partial charge in [0.25, 0.3) is 0 Å². The number of nitrogens with zero attached hydrogens (tertiary/aromatic N) is 3. The fraction of sp³-hybridized carbons (Fsp3) is 0.0476. The summed E-state index contributed by atoms with van der Waals surface area (Å²) >= 11 is 0. The lowest BCUT2D eigenvalue weighted by molar-refractivity contribution is 0.618. The van der Waals surface area contributed by atoms with Gasteiger partial charge in [0, 0.05) is 17.6 Å². The number of pyridine rings is 1. The van der Waals surface area contributed by atoms with Crippen molar-refractivity contribution in [3.05, 3.63) is 90.5 Å². The zero-order chi connectivity index (χ0) is 19.5. The highest BCUT2D eigenvalue weighted by molar-refractivity contribution is 5.62. The Labute approximate surface area is 160 Å². The molecule has 0 aliphatic rings. The Hall–Kier alpha value is -3.74. The Balaban J connectivity index is 1.51. The van der Waals surface area contributed by atoms with Gasteiger partial charge in [0.2, 0.25) is 0 Å². The Morgan fingerprint density at radius 3 is 2.18 bits per heavy atom. The monoisotopic (exact) mass is 377 g/mol. The van der Waals surface area contributed by atoms with Crippen LogP contribution in [0.15, 0.2) is 73.2 Å². The molecule has 0 amide bonds. The lowest BCUT2D eigenvalue weighted by Gasteiger charge is -2.11. The molecule has 2 N–H and O–H groups in total. The maximum absolute atomic E-state index is 14.5. The molecule has 7 heteroatoms. The number of aryl methyl sites for hydroxylation is 1. The van der Waals surface area contributed by atoms with Gasteiger partial charge in [-0.05, 0) is 61.5 Å².